The van der Waals surface area contributed by atoms with Crippen molar-refractivity contribution in [2.75, 3.05) is 11.4 Å². The highest BCUT2D eigenvalue weighted by atomic mass is 79.9. The van der Waals surface area contributed by atoms with Crippen LogP contribution < -0.4 is 10.5 Å². The molecular formula is C18H17BrFN5O2. The van der Waals surface area contributed by atoms with E-state index in [0.717, 1.165) is 24.1 Å². The lowest BCUT2D eigenvalue weighted by molar-refractivity contribution is -0.119. The number of benzene rings is 1. The van der Waals surface area contributed by atoms with E-state index in [4.69, 9.17) is 0 Å². The van der Waals surface area contributed by atoms with Crippen LogP contribution in [-0.2, 0) is 24.8 Å². The zero-order valence-corrected chi connectivity index (χ0v) is 16.5. The number of halogens is 2. The van der Waals surface area contributed by atoms with Crippen LogP contribution in [0.3, 0.4) is 0 Å². The van der Waals surface area contributed by atoms with Gasteiger partial charge in [0, 0.05) is 19.3 Å². The van der Waals surface area contributed by atoms with E-state index < -0.39 is 0 Å². The normalized spacial score (nSPS) is 13.9. The summed E-state index contributed by atoms with van der Waals surface area (Å²) >= 11 is 3.27. The largest absolute Gasteiger partial charge is 0.310 e. The van der Waals surface area contributed by atoms with E-state index in [9.17, 15) is 14.0 Å². The van der Waals surface area contributed by atoms with Gasteiger partial charge in [0.15, 0.2) is 5.65 Å². The Bertz CT molecular complexity index is 1140. The van der Waals surface area contributed by atoms with Crippen molar-refractivity contribution in [3.05, 3.63) is 50.4 Å². The molecule has 0 radical (unpaired) electrons. The average Bonchev–Trinajstić information content (AvgIpc) is 2.91. The lowest BCUT2D eigenvalue weighted by Gasteiger charge is -2.31. The number of rotatable bonds is 2. The Morgan fingerprint density at radius 2 is 2.15 bits per heavy atom. The molecule has 0 spiro atoms. The van der Waals surface area contributed by atoms with Crippen LogP contribution >= 0.6 is 15.9 Å². The molecule has 0 fully saturated rings. The van der Waals surface area contributed by atoms with Gasteiger partial charge in [0.1, 0.15) is 28.7 Å². The van der Waals surface area contributed by atoms with Crippen LogP contribution in [0.2, 0.25) is 0 Å². The summed E-state index contributed by atoms with van der Waals surface area (Å²) in [5, 5.41) is 4.48. The van der Waals surface area contributed by atoms with Gasteiger partial charge in [-0.3, -0.25) is 14.2 Å². The maximum atomic E-state index is 13.7. The molecule has 0 saturated heterocycles. The van der Waals surface area contributed by atoms with Gasteiger partial charge in [-0.05, 0) is 59.0 Å². The fourth-order valence-electron chi connectivity index (χ4n) is 3.65. The number of aromatic nitrogens is 4. The van der Waals surface area contributed by atoms with Crippen LogP contribution in [0.1, 0.15) is 17.5 Å². The monoisotopic (exact) mass is 433 g/mol. The highest BCUT2D eigenvalue weighted by Crippen LogP contribution is 2.31. The molecule has 3 heterocycles. The summed E-state index contributed by atoms with van der Waals surface area (Å²) in [6, 6.07) is 2.91. The zero-order valence-electron chi connectivity index (χ0n) is 14.9. The van der Waals surface area contributed by atoms with Crippen molar-refractivity contribution < 1.29 is 9.18 Å². The third-order valence-electron chi connectivity index (χ3n) is 4.82. The Morgan fingerprint density at radius 3 is 2.93 bits per heavy atom. The van der Waals surface area contributed by atoms with Crippen molar-refractivity contribution in [1.82, 2.24) is 19.3 Å². The summed E-state index contributed by atoms with van der Waals surface area (Å²) in [6.07, 6.45) is 2.84. The minimum atomic E-state index is -0.332. The maximum Gasteiger partial charge on any atom is 0.266 e. The first kappa shape index (κ1) is 17.8. The molecule has 0 aliphatic carbocycles. The van der Waals surface area contributed by atoms with Gasteiger partial charge in [0.25, 0.3) is 5.56 Å². The number of anilines is 1. The van der Waals surface area contributed by atoms with E-state index in [0.29, 0.717) is 27.7 Å². The molecule has 1 aliphatic rings. The molecule has 0 saturated carbocycles. The van der Waals surface area contributed by atoms with Gasteiger partial charge in [-0.15, -0.1) is 0 Å². The summed E-state index contributed by atoms with van der Waals surface area (Å²) in [5.41, 5.74) is 2.40. The number of hydrogen-bond donors (Lipinski definition) is 0. The van der Waals surface area contributed by atoms with Gasteiger partial charge in [-0.25, -0.2) is 14.1 Å². The van der Waals surface area contributed by atoms with E-state index in [1.165, 1.54) is 27.7 Å². The molecule has 2 aromatic heterocycles. The van der Waals surface area contributed by atoms with Crippen molar-refractivity contribution in [3.63, 3.8) is 0 Å². The van der Waals surface area contributed by atoms with Crippen molar-refractivity contribution in [3.8, 4) is 0 Å². The molecule has 1 amide bonds. The highest BCUT2D eigenvalue weighted by molar-refractivity contribution is 9.10. The first-order valence-electron chi connectivity index (χ1n) is 8.54. The Hall–Kier alpha value is -2.55. The van der Waals surface area contributed by atoms with Gasteiger partial charge < -0.3 is 4.90 Å². The molecule has 4 rings (SSSR count). The minimum Gasteiger partial charge on any atom is -0.310 e. The first-order valence-corrected chi connectivity index (χ1v) is 9.33. The molecule has 9 heteroatoms. The second kappa shape index (κ2) is 6.56. The topological polar surface area (TPSA) is 73.0 Å². The predicted octanol–water partition coefficient (Wildman–Crippen LogP) is 2.32. The van der Waals surface area contributed by atoms with Gasteiger partial charge in [0.05, 0.1) is 0 Å². The smallest absolute Gasteiger partial charge is 0.266 e. The lowest BCUT2D eigenvalue weighted by atomic mass is 9.98. The van der Waals surface area contributed by atoms with Crippen LogP contribution in [-0.4, -0.2) is 31.8 Å². The fourth-order valence-corrected chi connectivity index (χ4v) is 4.23. The number of hydrogen-bond acceptors (Lipinski definition) is 4. The maximum absolute atomic E-state index is 13.7. The van der Waals surface area contributed by atoms with Crippen molar-refractivity contribution in [1.29, 1.82) is 0 Å². The molecule has 0 atom stereocenters. The SMILES string of the molecule is Cc1cc(F)cc2c1N(C(=O)Cn1cnc3c(c(Br)nn3C)c1=O)CCC2. The predicted molar refractivity (Wildman–Crippen MR) is 102 cm³/mol. The zero-order chi connectivity index (χ0) is 19.3. The standard InChI is InChI=1S/C18H17BrFN5O2/c1-10-6-12(20)7-11-4-3-5-25(15(10)11)13(26)8-24-9-21-17-14(18(24)27)16(19)22-23(17)2/h6-7,9H,3-5,8H2,1-2H3. The molecule has 27 heavy (non-hydrogen) atoms. The molecular weight excluding hydrogens is 417 g/mol. The quantitative estimate of drug-likeness (QED) is 0.621. The van der Waals surface area contributed by atoms with Gasteiger partial charge in [-0.2, -0.15) is 5.10 Å². The van der Waals surface area contributed by atoms with Crippen molar-refractivity contribution in [2.24, 2.45) is 7.05 Å². The van der Waals surface area contributed by atoms with E-state index in [-0.39, 0.29) is 23.8 Å². The number of nitrogens with zero attached hydrogens (tertiary/aromatic N) is 5. The van der Waals surface area contributed by atoms with Crippen LogP contribution in [0.5, 0.6) is 0 Å². The van der Waals surface area contributed by atoms with E-state index in [1.54, 1.807) is 18.9 Å². The second-order valence-corrected chi connectivity index (χ2v) is 7.42. The Morgan fingerprint density at radius 1 is 1.37 bits per heavy atom. The van der Waals surface area contributed by atoms with Gasteiger partial charge in [-0.1, -0.05) is 0 Å². The van der Waals surface area contributed by atoms with Crippen LogP contribution in [0.15, 0.2) is 27.9 Å². The summed E-state index contributed by atoms with van der Waals surface area (Å²) < 4.78 is 16.9. The second-order valence-electron chi connectivity index (χ2n) is 6.67. The van der Waals surface area contributed by atoms with Crippen molar-refractivity contribution in [2.45, 2.75) is 26.3 Å². The number of amides is 1. The molecule has 0 bridgehead atoms. The highest BCUT2D eigenvalue weighted by Gasteiger charge is 2.26. The van der Waals surface area contributed by atoms with Crippen LogP contribution in [0, 0.1) is 12.7 Å². The number of fused-ring (bicyclic) bond motifs is 2. The van der Waals surface area contributed by atoms with E-state index in [1.807, 2.05) is 0 Å². The van der Waals surface area contributed by atoms with Gasteiger partial charge in [0.2, 0.25) is 5.91 Å². The Balaban J connectivity index is 1.71. The minimum absolute atomic E-state index is 0.140. The number of aryl methyl sites for hydroxylation is 3. The van der Waals surface area contributed by atoms with Crippen LogP contribution in [0.25, 0.3) is 11.0 Å². The molecule has 0 unspecified atom stereocenters. The molecule has 3 aromatic rings. The molecule has 0 N–H and O–H groups in total. The first-order chi connectivity index (χ1) is 12.9. The van der Waals surface area contributed by atoms with Crippen molar-refractivity contribution >= 4 is 38.6 Å². The molecule has 7 nitrogen and oxygen atoms in total. The number of carbonyl (C=O) groups is 1. The molecule has 140 valence electrons. The average molecular weight is 434 g/mol. The summed E-state index contributed by atoms with van der Waals surface area (Å²) in [6.45, 7) is 2.19. The van der Waals surface area contributed by atoms with Gasteiger partial charge >= 0.3 is 0 Å². The number of carbonyl (C=O) groups excluding carboxylic acids is 1. The van der Waals surface area contributed by atoms with E-state index in [2.05, 4.69) is 26.0 Å². The van der Waals surface area contributed by atoms with Crippen LogP contribution in [0.4, 0.5) is 10.1 Å². The lowest BCUT2D eigenvalue weighted by Crippen LogP contribution is -2.40. The third kappa shape index (κ3) is 2.95. The Labute approximate surface area is 162 Å². The summed E-state index contributed by atoms with van der Waals surface area (Å²) in [4.78, 5) is 31.6. The molecule has 1 aliphatic heterocycles. The summed E-state index contributed by atoms with van der Waals surface area (Å²) in [5.74, 6) is -0.526. The Kier molecular flexibility index (Phi) is 4.33. The molecule has 1 aromatic carbocycles. The van der Waals surface area contributed by atoms with E-state index >= 15 is 0 Å². The third-order valence-corrected chi connectivity index (χ3v) is 5.37. The summed E-state index contributed by atoms with van der Waals surface area (Å²) in [7, 11) is 1.70. The fraction of sp³-hybridized carbons (Fsp3) is 0.333.